The van der Waals surface area contributed by atoms with E-state index in [1.54, 1.807) is 35.4 Å². The maximum absolute atomic E-state index is 12.3. The zero-order chi connectivity index (χ0) is 59.0. The van der Waals surface area contributed by atoms with Crippen LogP contribution in [0.1, 0.15) is 127 Å². The lowest BCUT2D eigenvalue weighted by Gasteiger charge is -2.64. The molecule has 0 spiro atoms. The summed E-state index contributed by atoms with van der Waals surface area (Å²) in [7, 11) is 8.01. The lowest BCUT2D eigenvalue weighted by atomic mass is 9.44. The van der Waals surface area contributed by atoms with E-state index in [2.05, 4.69) is 19.9 Å². The third-order valence-electron chi connectivity index (χ3n) is 21.2. The molecule has 83 heavy (non-hydrogen) atoms. The number of carbonyl (C=O) groups excluding carboxylic acids is 2. The van der Waals surface area contributed by atoms with Crippen molar-refractivity contribution in [1.82, 2.24) is 0 Å². The second kappa shape index (κ2) is 25.1. The number of hydrogen-bond donors (Lipinski definition) is 1. The molecule has 10 fully saturated rings. The van der Waals surface area contributed by atoms with Crippen LogP contribution in [0.15, 0.2) is 11.6 Å². The highest BCUT2D eigenvalue weighted by molar-refractivity contribution is 5.67. The van der Waals surface area contributed by atoms with E-state index in [4.69, 9.17) is 94.7 Å². The number of aliphatic hydroxyl groups excluding tert-OH is 1. The summed E-state index contributed by atoms with van der Waals surface area (Å²) in [5, 5.41) is 11.7. The number of carbonyl (C=O) groups is 2. The minimum Gasteiger partial charge on any atom is -0.457 e. The first-order valence-corrected chi connectivity index (χ1v) is 30.5. The minimum absolute atomic E-state index is 0.00975. The van der Waals surface area contributed by atoms with Crippen molar-refractivity contribution in [2.24, 2.45) is 28.6 Å². The van der Waals surface area contributed by atoms with Gasteiger partial charge in [0.1, 0.15) is 36.1 Å². The summed E-state index contributed by atoms with van der Waals surface area (Å²) < 4.78 is 126. The lowest BCUT2D eigenvalue weighted by molar-refractivity contribution is -0.358. The SMILES string of the molecule is CO[C@@H]1[C@@H](OC(C)=O)[C@@H](C)O[C@H](O[C@@H]2[C@@H](OC)C[C@@H](O[C@@H]3[C@@H](OC)C[C@@H](O[C@@H]4[C@@H](OC)C[C@@H](O[C@@H]5[C@@H](OC)C[C@@H](O[C@H]6CC[C@@]7(C)C(=CC[C@@H]8[C@@H]7CC[C@]7(C)C9C%10COC9OC87[C@H](O)O%10)C6)O[C@@H]5C)O[C@@H]4C)O[C@@H]3C)O[C@@H]2C)[C@@H]1OC(C)=O. The highest BCUT2D eigenvalue weighted by Crippen LogP contribution is 2.72. The molecule has 0 aromatic rings. The molecule has 0 aromatic carbocycles. The fraction of sp³-hybridized carbons (Fsp3) is 0.933. The normalized spacial score (nSPS) is 52.2. The molecule has 23 nitrogen and oxygen atoms in total. The molecule has 8 saturated heterocycles. The van der Waals surface area contributed by atoms with Crippen molar-refractivity contribution in [3.05, 3.63) is 11.6 Å². The molecule has 11 rings (SSSR count). The second-order valence-corrected chi connectivity index (χ2v) is 25.8. The zero-order valence-electron chi connectivity index (χ0n) is 51.0. The van der Waals surface area contributed by atoms with E-state index in [1.165, 1.54) is 26.5 Å². The van der Waals surface area contributed by atoms with E-state index < -0.39 is 141 Å². The molecular formula is C60H94O23. The molecule has 0 radical (unpaired) electrons. The molecule has 8 aliphatic heterocycles. The van der Waals surface area contributed by atoms with E-state index >= 15 is 0 Å². The van der Waals surface area contributed by atoms with E-state index in [0.29, 0.717) is 31.8 Å². The van der Waals surface area contributed by atoms with Crippen LogP contribution >= 0.6 is 0 Å². The van der Waals surface area contributed by atoms with Crippen molar-refractivity contribution in [2.45, 2.75) is 286 Å². The highest BCUT2D eigenvalue weighted by atomic mass is 16.8. The van der Waals surface area contributed by atoms with E-state index in [9.17, 15) is 14.7 Å². The fourth-order valence-electron chi connectivity index (χ4n) is 17.1. The largest absolute Gasteiger partial charge is 0.457 e. The third kappa shape index (κ3) is 11.4. The summed E-state index contributed by atoms with van der Waals surface area (Å²) in [6.07, 6.45) is -4.73. The van der Waals surface area contributed by atoms with Crippen molar-refractivity contribution in [2.75, 3.05) is 42.2 Å². The number of rotatable bonds is 17. The summed E-state index contributed by atoms with van der Waals surface area (Å²) in [6, 6.07) is 0. The van der Waals surface area contributed by atoms with Gasteiger partial charge in [-0.05, 0) is 84.5 Å². The molecule has 31 atom stereocenters. The van der Waals surface area contributed by atoms with Crippen LogP contribution in [0.25, 0.3) is 0 Å². The predicted molar refractivity (Wildman–Crippen MR) is 287 cm³/mol. The Morgan fingerprint density at radius 3 is 1.53 bits per heavy atom. The molecular weight excluding hydrogens is 1090 g/mol. The topological polar surface area (TPSA) is 239 Å². The van der Waals surface area contributed by atoms with Gasteiger partial charge in [0.2, 0.25) is 0 Å². The van der Waals surface area contributed by atoms with Crippen molar-refractivity contribution in [3.8, 4) is 0 Å². The van der Waals surface area contributed by atoms with Crippen LogP contribution in [0, 0.1) is 28.6 Å². The van der Waals surface area contributed by atoms with Gasteiger partial charge < -0.3 is 99.8 Å². The smallest absolute Gasteiger partial charge is 0.303 e. The van der Waals surface area contributed by atoms with Crippen LogP contribution in [0.3, 0.4) is 0 Å². The monoisotopic (exact) mass is 1180 g/mol. The zero-order valence-corrected chi connectivity index (χ0v) is 51.0. The van der Waals surface area contributed by atoms with E-state index in [0.717, 1.165) is 38.5 Å². The molecule has 8 heterocycles. The second-order valence-electron chi connectivity index (χ2n) is 25.8. The summed E-state index contributed by atoms with van der Waals surface area (Å²) in [4.78, 5) is 24.3. The van der Waals surface area contributed by atoms with E-state index in [1.807, 2.05) is 27.7 Å². The average molecular weight is 1180 g/mol. The number of ether oxygens (including phenoxy) is 20. The van der Waals surface area contributed by atoms with Crippen LogP contribution < -0.4 is 0 Å². The molecule has 2 bridgehead atoms. The summed E-state index contributed by atoms with van der Waals surface area (Å²) in [5.41, 5.74) is 0.432. The molecule has 23 heteroatoms. The first-order valence-electron chi connectivity index (χ1n) is 30.5. The Morgan fingerprint density at radius 1 is 0.554 bits per heavy atom. The maximum Gasteiger partial charge on any atom is 0.303 e. The minimum atomic E-state index is -1.10. The Kier molecular flexibility index (Phi) is 18.9. The van der Waals surface area contributed by atoms with Gasteiger partial charge in [-0.1, -0.05) is 25.5 Å². The number of esters is 2. The quantitative estimate of drug-likeness (QED) is 0.146. The van der Waals surface area contributed by atoms with Gasteiger partial charge in [0.25, 0.3) is 0 Å². The molecule has 0 amide bonds. The van der Waals surface area contributed by atoms with Gasteiger partial charge in [-0.25, -0.2) is 0 Å². The van der Waals surface area contributed by atoms with Crippen molar-refractivity contribution >= 4 is 11.9 Å². The van der Waals surface area contributed by atoms with Crippen LogP contribution in [0.2, 0.25) is 0 Å². The van der Waals surface area contributed by atoms with Crippen LogP contribution in [-0.4, -0.2) is 219 Å². The van der Waals surface area contributed by atoms with Gasteiger partial charge in [-0.15, -0.1) is 0 Å². The number of fused-ring (bicyclic) bond motifs is 3. The van der Waals surface area contributed by atoms with Crippen LogP contribution in [-0.2, 0) is 104 Å². The maximum atomic E-state index is 12.3. The molecule has 1 N–H and O–H groups in total. The summed E-state index contributed by atoms with van der Waals surface area (Å²) in [6.45, 7) is 17.2. The predicted octanol–water partition coefficient (Wildman–Crippen LogP) is 5.15. The number of aliphatic hydroxyl groups is 1. The first-order chi connectivity index (χ1) is 39.7. The van der Waals surface area contributed by atoms with Crippen molar-refractivity contribution < 1.29 is 109 Å². The summed E-state index contributed by atoms with van der Waals surface area (Å²) in [5.74, 6) is -0.474. The van der Waals surface area contributed by atoms with Gasteiger partial charge in [0.05, 0.1) is 73.8 Å². The number of methoxy groups -OCH3 is 5. The molecule has 0 aromatic heterocycles. The Morgan fingerprint density at radius 2 is 1.04 bits per heavy atom. The first kappa shape index (κ1) is 62.5. The van der Waals surface area contributed by atoms with Gasteiger partial charge in [-0.2, -0.15) is 0 Å². The third-order valence-corrected chi connectivity index (χ3v) is 21.2. The highest BCUT2D eigenvalue weighted by Gasteiger charge is 2.79. The summed E-state index contributed by atoms with van der Waals surface area (Å²) >= 11 is 0. The van der Waals surface area contributed by atoms with Gasteiger partial charge in [-0.3, -0.25) is 9.59 Å². The Balaban J connectivity index is 0.654. The van der Waals surface area contributed by atoms with Gasteiger partial charge in [0.15, 0.2) is 56.2 Å². The Hall–Kier alpha value is -2.08. The molecule has 4 unspecified atom stereocenters. The molecule has 472 valence electrons. The fourth-order valence-corrected chi connectivity index (χ4v) is 17.1. The number of allylic oxidation sites excluding steroid dienone is 1. The molecule has 2 saturated carbocycles. The standard InChI is InChI=1S/C60H94O23/c1-27-48(38(64-10)22-43(70-27)77-35-17-19-58(8)34(21-35)15-16-37-36(58)18-20-59(9)47-42-26-69-55(47)83-60(37,59)57(63)78-42)79-44-23-39(65-11)49(28(2)71-44)80-45-24-40(66-12)50(29(3)72-45)81-46-25-41(67-13)51(30(4)73-46)82-56-54(76-33(7)62)53(68-14)52(31(5)74-56)75-32(6)61/h15,27-31,35-57,63H,16-26H2,1-14H3/t27-,28-,29-,30-,31-,35+,36+,37-,38+,39+,40+,41+,42?,43-,44-,45-,46-,47?,48+,49+,50+,51+,52+,53-,54-,55?,56-,57-,58+,59-,60?/m1/s1. The molecule has 11 aliphatic rings. The Labute approximate surface area is 488 Å². The van der Waals surface area contributed by atoms with Gasteiger partial charge in [0, 0.05) is 92.3 Å². The Bertz CT molecular complexity index is 2280. The number of hydrogen-bond acceptors (Lipinski definition) is 23. The van der Waals surface area contributed by atoms with Crippen molar-refractivity contribution in [3.63, 3.8) is 0 Å². The molecule has 3 aliphatic carbocycles. The van der Waals surface area contributed by atoms with E-state index in [-0.39, 0.29) is 59.8 Å². The van der Waals surface area contributed by atoms with Crippen LogP contribution in [0.4, 0.5) is 0 Å². The van der Waals surface area contributed by atoms with Crippen molar-refractivity contribution in [1.29, 1.82) is 0 Å². The average Bonchev–Trinajstić information content (AvgIpc) is 1.58. The van der Waals surface area contributed by atoms with Crippen LogP contribution in [0.5, 0.6) is 0 Å². The lowest BCUT2D eigenvalue weighted by Crippen LogP contribution is -2.70. The van der Waals surface area contributed by atoms with Gasteiger partial charge >= 0.3 is 11.9 Å².